The largest absolute Gasteiger partial charge is 0.495 e. The van der Waals surface area contributed by atoms with Gasteiger partial charge >= 0.3 is 0 Å². The van der Waals surface area contributed by atoms with E-state index in [-0.39, 0.29) is 0 Å². The molecule has 0 amide bonds. The number of ether oxygens (including phenoxy) is 1. The first-order valence-corrected chi connectivity index (χ1v) is 6.17. The molecular formula is C13H18N4O. The van der Waals surface area contributed by atoms with Gasteiger partial charge in [0.2, 0.25) is 0 Å². The maximum atomic E-state index is 8.64. The van der Waals surface area contributed by atoms with Gasteiger partial charge in [-0.2, -0.15) is 5.26 Å². The van der Waals surface area contributed by atoms with Crippen LogP contribution in [0.4, 0.5) is 5.82 Å². The minimum absolute atomic E-state index is 0.445. The molecule has 0 aromatic carbocycles. The van der Waals surface area contributed by atoms with E-state index in [9.17, 15) is 0 Å². The molecule has 0 radical (unpaired) electrons. The Balaban J connectivity index is 1.82. The number of likely N-dealkylation sites (tertiary alicyclic amines) is 1. The summed E-state index contributed by atoms with van der Waals surface area (Å²) >= 11 is 0. The minimum Gasteiger partial charge on any atom is -0.495 e. The molecule has 0 unspecified atom stereocenters. The zero-order valence-corrected chi connectivity index (χ0v) is 10.6. The Labute approximate surface area is 107 Å². The molecule has 5 nitrogen and oxygen atoms in total. The third kappa shape index (κ3) is 3.34. The van der Waals surface area contributed by atoms with Crippen molar-refractivity contribution in [2.75, 3.05) is 32.1 Å². The highest BCUT2D eigenvalue weighted by Gasteiger charge is 2.18. The molecule has 1 saturated heterocycles. The van der Waals surface area contributed by atoms with Crippen molar-refractivity contribution in [3.8, 4) is 11.8 Å². The number of nitriles is 1. The number of aromatic nitrogens is 1. The number of rotatable bonds is 4. The van der Waals surface area contributed by atoms with Crippen molar-refractivity contribution in [3.05, 3.63) is 18.3 Å². The summed E-state index contributed by atoms with van der Waals surface area (Å²) in [5, 5.41) is 12.1. The van der Waals surface area contributed by atoms with Crippen LogP contribution < -0.4 is 10.1 Å². The molecule has 96 valence electrons. The van der Waals surface area contributed by atoms with Crippen LogP contribution in [0.25, 0.3) is 0 Å². The van der Waals surface area contributed by atoms with E-state index >= 15 is 0 Å². The van der Waals surface area contributed by atoms with E-state index in [1.54, 1.807) is 13.3 Å². The van der Waals surface area contributed by atoms with Crippen molar-refractivity contribution in [1.29, 1.82) is 5.26 Å². The molecule has 1 aromatic heterocycles. The van der Waals surface area contributed by atoms with Crippen LogP contribution >= 0.6 is 0 Å². The van der Waals surface area contributed by atoms with Crippen LogP contribution in [-0.4, -0.2) is 42.7 Å². The lowest BCUT2D eigenvalue weighted by Crippen LogP contribution is -2.39. The summed E-state index contributed by atoms with van der Waals surface area (Å²) in [5.41, 5.74) is 0. The third-order valence-corrected chi connectivity index (χ3v) is 3.21. The monoisotopic (exact) mass is 246 g/mol. The van der Waals surface area contributed by atoms with E-state index in [0.717, 1.165) is 37.5 Å². The topological polar surface area (TPSA) is 61.2 Å². The van der Waals surface area contributed by atoms with Gasteiger partial charge in [0, 0.05) is 19.1 Å². The van der Waals surface area contributed by atoms with Crippen LogP contribution in [0.3, 0.4) is 0 Å². The number of hydrogen-bond acceptors (Lipinski definition) is 5. The van der Waals surface area contributed by atoms with E-state index in [1.807, 2.05) is 12.1 Å². The van der Waals surface area contributed by atoms with Crippen molar-refractivity contribution in [2.24, 2.45) is 0 Å². The highest BCUT2D eigenvalue weighted by Crippen LogP contribution is 2.16. The number of hydrogen-bond donors (Lipinski definition) is 1. The van der Waals surface area contributed by atoms with E-state index in [0.29, 0.717) is 12.6 Å². The Hall–Kier alpha value is -1.80. The minimum atomic E-state index is 0.445. The molecule has 0 spiro atoms. The van der Waals surface area contributed by atoms with Gasteiger partial charge in [0.05, 0.1) is 25.9 Å². The number of anilines is 1. The van der Waals surface area contributed by atoms with Crippen LogP contribution in [0.1, 0.15) is 12.8 Å². The number of pyridine rings is 1. The summed E-state index contributed by atoms with van der Waals surface area (Å²) in [5.74, 6) is 1.65. The number of piperidine rings is 1. The summed E-state index contributed by atoms with van der Waals surface area (Å²) in [6.45, 7) is 2.48. The quantitative estimate of drug-likeness (QED) is 0.816. The lowest BCUT2D eigenvalue weighted by molar-refractivity contribution is 0.242. The van der Waals surface area contributed by atoms with Gasteiger partial charge in [-0.15, -0.1) is 0 Å². The number of nitrogens with one attached hydrogen (secondary N) is 1. The average molecular weight is 246 g/mol. The molecule has 18 heavy (non-hydrogen) atoms. The first-order valence-electron chi connectivity index (χ1n) is 6.17. The van der Waals surface area contributed by atoms with Crippen LogP contribution in [0.2, 0.25) is 0 Å². The van der Waals surface area contributed by atoms with Crippen molar-refractivity contribution in [2.45, 2.75) is 18.9 Å². The predicted molar refractivity (Wildman–Crippen MR) is 69.5 cm³/mol. The second-order valence-corrected chi connectivity index (χ2v) is 4.44. The molecule has 0 aliphatic carbocycles. The summed E-state index contributed by atoms with van der Waals surface area (Å²) < 4.78 is 5.07. The molecule has 1 aliphatic heterocycles. The summed E-state index contributed by atoms with van der Waals surface area (Å²) in [7, 11) is 1.63. The normalized spacial score (nSPS) is 17.1. The number of nitrogens with zero attached hydrogens (tertiary/aromatic N) is 3. The fourth-order valence-electron chi connectivity index (χ4n) is 2.13. The number of methoxy groups -OCH3 is 1. The van der Waals surface area contributed by atoms with Crippen molar-refractivity contribution in [3.63, 3.8) is 0 Å². The molecule has 1 N–H and O–H groups in total. The molecule has 1 aliphatic rings. The van der Waals surface area contributed by atoms with E-state index in [2.05, 4.69) is 21.3 Å². The molecule has 2 rings (SSSR count). The van der Waals surface area contributed by atoms with Gasteiger partial charge in [0.15, 0.2) is 0 Å². The average Bonchev–Trinajstić information content (AvgIpc) is 2.42. The van der Waals surface area contributed by atoms with Crippen LogP contribution in [0.15, 0.2) is 18.3 Å². The second-order valence-electron chi connectivity index (χ2n) is 4.44. The fraction of sp³-hybridized carbons (Fsp3) is 0.538. The molecule has 0 saturated carbocycles. The smallest absolute Gasteiger partial charge is 0.137 e. The SMILES string of the molecule is COc1ccc(NC2CCN(CC#N)CC2)nc1. The molecular weight excluding hydrogens is 228 g/mol. The van der Waals surface area contributed by atoms with Crippen LogP contribution in [0.5, 0.6) is 5.75 Å². The lowest BCUT2D eigenvalue weighted by atomic mass is 10.1. The lowest BCUT2D eigenvalue weighted by Gasteiger charge is -2.30. The first-order chi connectivity index (χ1) is 8.81. The van der Waals surface area contributed by atoms with Gasteiger partial charge in [-0.1, -0.05) is 0 Å². The fourth-order valence-corrected chi connectivity index (χ4v) is 2.13. The molecule has 2 heterocycles. The zero-order valence-electron chi connectivity index (χ0n) is 10.6. The maximum Gasteiger partial charge on any atom is 0.137 e. The van der Waals surface area contributed by atoms with E-state index in [4.69, 9.17) is 10.00 Å². The van der Waals surface area contributed by atoms with Crippen LogP contribution in [-0.2, 0) is 0 Å². The van der Waals surface area contributed by atoms with Crippen molar-refractivity contribution >= 4 is 5.82 Å². The maximum absolute atomic E-state index is 8.64. The Morgan fingerprint density at radius 2 is 2.28 bits per heavy atom. The van der Waals surface area contributed by atoms with Gasteiger partial charge in [-0.3, -0.25) is 4.90 Å². The van der Waals surface area contributed by atoms with Crippen LogP contribution in [0, 0.1) is 11.3 Å². The van der Waals surface area contributed by atoms with Gasteiger partial charge in [0.25, 0.3) is 0 Å². The third-order valence-electron chi connectivity index (χ3n) is 3.21. The van der Waals surface area contributed by atoms with Gasteiger partial charge in [-0.05, 0) is 25.0 Å². The highest BCUT2D eigenvalue weighted by molar-refractivity contribution is 5.38. The Morgan fingerprint density at radius 3 is 2.83 bits per heavy atom. The van der Waals surface area contributed by atoms with Gasteiger partial charge in [-0.25, -0.2) is 4.98 Å². The predicted octanol–water partition coefficient (Wildman–Crippen LogP) is 1.49. The molecule has 1 fully saturated rings. The van der Waals surface area contributed by atoms with E-state index in [1.165, 1.54) is 0 Å². The Kier molecular flexibility index (Phi) is 4.37. The molecule has 5 heteroatoms. The summed E-state index contributed by atoms with van der Waals surface area (Å²) in [4.78, 5) is 6.48. The zero-order chi connectivity index (χ0) is 12.8. The van der Waals surface area contributed by atoms with Crippen molar-refractivity contribution in [1.82, 2.24) is 9.88 Å². The second kappa shape index (κ2) is 6.22. The Bertz CT molecular complexity index is 404. The Morgan fingerprint density at radius 1 is 1.50 bits per heavy atom. The molecule has 0 atom stereocenters. The first kappa shape index (κ1) is 12.7. The summed E-state index contributed by atoms with van der Waals surface area (Å²) in [6, 6.07) is 6.47. The molecule has 0 bridgehead atoms. The van der Waals surface area contributed by atoms with Gasteiger partial charge in [0.1, 0.15) is 11.6 Å². The van der Waals surface area contributed by atoms with Crippen molar-refractivity contribution < 1.29 is 4.74 Å². The molecule has 1 aromatic rings. The van der Waals surface area contributed by atoms with E-state index < -0.39 is 0 Å². The standard InChI is InChI=1S/C13H18N4O/c1-18-12-2-3-13(15-10-12)16-11-4-7-17(8-5-11)9-6-14/h2-3,10-11H,4-5,7-9H2,1H3,(H,15,16). The summed E-state index contributed by atoms with van der Waals surface area (Å²) in [6.07, 6.45) is 3.82. The van der Waals surface area contributed by atoms with Gasteiger partial charge < -0.3 is 10.1 Å². The highest BCUT2D eigenvalue weighted by atomic mass is 16.5.